The lowest BCUT2D eigenvalue weighted by Crippen LogP contribution is -2.42. The minimum Gasteiger partial charge on any atom is -0.369 e. The molecule has 0 aromatic carbocycles. The van der Waals surface area contributed by atoms with E-state index in [1.165, 1.54) is 0 Å². The van der Waals surface area contributed by atoms with E-state index in [9.17, 15) is 14.4 Å². The Bertz CT molecular complexity index is 967. The molecule has 3 aliphatic rings. The number of amides is 2. The van der Waals surface area contributed by atoms with Crippen LogP contribution in [-0.4, -0.2) is 73.0 Å². The number of fused-ring (bicyclic) bond motifs is 1. The van der Waals surface area contributed by atoms with E-state index >= 15 is 0 Å². The molecular weight excluding hydrogens is 378 g/mol. The van der Waals surface area contributed by atoms with Crippen molar-refractivity contribution in [3.63, 3.8) is 0 Å². The van der Waals surface area contributed by atoms with Gasteiger partial charge in [-0.3, -0.25) is 19.3 Å². The fraction of sp³-hybridized carbons (Fsp3) is 0.611. The minimum atomic E-state index is -0.419. The Morgan fingerprint density at radius 1 is 1.41 bits per heavy atom. The van der Waals surface area contributed by atoms with Crippen molar-refractivity contribution in [3.8, 4) is 0 Å². The van der Waals surface area contributed by atoms with E-state index in [1.807, 2.05) is 0 Å². The highest BCUT2D eigenvalue weighted by Gasteiger charge is 2.63. The van der Waals surface area contributed by atoms with Crippen molar-refractivity contribution in [2.24, 2.45) is 11.8 Å². The van der Waals surface area contributed by atoms with Crippen molar-refractivity contribution < 1.29 is 14.3 Å². The smallest absolute Gasteiger partial charge is 0.340 e. The van der Waals surface area contributed by atoms with Crippen molar-refractivity contribution in [1.29, 1.82) is 0 Å². The number of nitrogens with one attached hydrogen (secondary N) is 3. The first kappa shape index (κ1) is 18.1. The summed E-state index contributed by atoms with van der Waals surface area (Å²) >= 11 is 0. The van der Waals surface area contributed by atoms with E-state index in [0.717, 1.165) is 12.8 Å². The third-order valence-corrected chi connectivity index (χ3v) is 6.41. The van der Waals surface area contributed by atoms with Crippen molar-refractivity contribution >= 4 is 11.8 Å². The number of rotatable bonds is 6. The predicted octanol–water partition coefficient (Wildman–Crippen LogP) is -1.34. The van der Waals surface area contributed by atoms with Gasteiger partial charge in [-0.2, -0.15) is 10.2 Å². The maximum atomic E-state index is 12.7. The minimum absolute atomic E-state index is 0.0518. The van der Waals surface area contributed by atoms with Gasteiger partial charge in [0.1, 0.15) is 12.4 Å². The van der Waals surface area contributed by atoms with Crippen LogP contribution in [0.5, 0.6) is 0 Å². The van der Waals surface area contributed by atoms with Gasteiger partial charge < -0.3 is 15.0 Å². The summed E-state index contributed by atoms with van der Waals surface area (Å²) in [5, 5.41) is 13.1. The number of carbonyl (C=O) groups is 2. The van der Waals surface area contributed by atoms with Gasteiger partial charge in [-0.05, 0) is 18.9 Å². The Balaban J connectivity index is 1.21. The number of hydrogen-bond donors (Lipinski definition) is 3. The predicted molar refractivity (Wildman–Crippen MR) is 98.5 cm³/mol. The monoisotopic (exact) mass is 401 g/mol. The third kappa shape index (κ3) is 3.24. The van der Waals surface area contributed by atoms with Crippen LogP contribution in [0, 0.1) is 11.8 Å². The summed E-state index contributed by atoms with van der Waals surface area (Å²) in [6.07, 6.45) is 5.46. The Kier molecular flexibility index (Phi) is 4.26. The molecule has 5 rings (SSSR count). The summed E-state index contributed by atoms with van der Waals surface area (Å²) in [4.78, 5) is 40.4. The number of carbonyl (C=O) groups excluding carboxylic acids is 2. The summed E-state index contributed by atoms with van der Waals surface area (Å²) in [6.45, 7) is 1.88. The molecule has 1 spiro atoms. The fourth-order valence-electron chi connectivity index (χ4n) is 5.13. The first-order valence-electron chi connectivity index (χ1n) is 9.86. The molecule has 4 atom stereocenters. The van der Waals surface area contributed by atoms with Gasteiger partial charge in [-0.1, -0.05) is 0 Å². The summed E-state index contributed by atoms with van der Waals surface area (Å²) < 4.78 is 7.91. The Hall–Kier alpha value is -2.95. The van der Waals surface area contributed by atoms with Crippen LogP contribution in [0.3, 0.4) is 0 Å². The average Bonchev–Trinajstić information content (AvgIpc) is 3.47. The summed E-state index contributed by atoms with van der Waals surface area (Å²) in [7, 11) is 0. The zero-order valence-corrected chi connectivity index (χ0v) is 15.8. The molecular formula is C18H23N7O4. The summed E-state index contributed by atoms with van der Waals surface area (Å²) in [6, 6.07) is 1.78. The van der Waals surface area contributed by atoms with Crippen LogP contribution in [0.1, 0.15) is 18.7 Å². The van der Waals surface area contributed by atoms with E-state index in [1.54, 1.807) is 28.0 Å². The van der Waals surface area contributed by atoms with Gasteiger partial charge in [0.05, 0.1) is 24.7 Å². The molecule has 3 fully saturated rings. The number of nitrogens with zero attached hydrogens (tertiary/aromatic N) is 4. The number of hydrogen-bond acceptors (Lipinski definition) is 6. The van der Waals surface area contributed by atoms with Crippen LogP contribution >= 0.6 is 0 Å². The Morgan fingerprint density at radius 2 is 2.31 bits per heavy atom. The molecule has 3 saturated heterocycles. The molecule has 29 heavy (non-hydrogen) atoms. The molecule has 3 N–H and O–H groups in total. The van der Waals surface area contributed by atoms with Crippen LogP contribution in [0.2, 0.25) is 0 Å². The number of aromatic amines is 2. The van der Waals surface area contributed by atoms with Crippen molar-refractivity contribution in [1.82, 2.24) is 35.2 Å². The summed E-state index contributed by atoms with van der Waals surface area (Å²) in [5.41, 5.74) is -0.728. The summed E-state index contributed by atoms with van der Waals surface area (Å²) in [5.74, 6) is 0.563. The topological polar surface area (TPSA) is 138 Å². The number of likely N-dealkylation sites (tertiary alicyclic amines) is 1. The highest BCUT2D eigenvalue weighted by molar-refractivity contribution is 5.78. The number of ether oxygens (including phenoxy) is 1. The highest BCUT2D eigenvalue weighted by atomic mass is 16.5. The average molecular weight is 401 g/mol. The standard InChI is InChI=1S/C18H23N7O4/c26-15(9-25-5-1-4-20-25)19-7-11-12-8-24(10-18(12)3-2-13(11)29-18)16(27)6-14-21-17(28)23-22-14/h1,4-5,11-13H,2-3,6-10H2,(H,19,26)(H2,21,22,23,28)/t11-,12+,13+,18+/m0/s1. The van der Waals surface area contributed by atoms with Crippen molar-refractivity contribution in [2.75, 3.05) is 19.6 Å². The van der Waals surface area contributed by atoms with Gasteiger partial charge in [0, 0.05) is 37.3 Å². The molecule has 5 heterocycles. The van der Waals surface area contributed by atoms with Gasteiger partial charge in [0.2, 0.25) is 11.8 Å². The Labute approximate surface area is 165 Å². The van der Waals surface area contributed by atoms with Crippen LogP contribution < -0.4 is 11.0 Å². The van der Waals surface area contributed by atoms with Gasteiger partial charge in [0.25, 0.3) is 0 Å². The quantitative estimate of drug-likeness (QED) is 0.548. The lowest BCUT2D eigenvalue weighted by molar-refractivity contribution is -0.131. The second-order valence-electron chi connectivity index (χ2n) is 8.11. The molecule has 2 bridgehead atoms. The molecule has 2 amide bonds. The van der Waals surface area contributed by atoms with E-state index in [0.29, 0.717) is 25.5 Å². The normalized spacial score (nSPS) is 29.9. The lowest BCUT2D eigenvalue weighted by atomic mass is 9.73. The second-order valence-corrected chi connectivity index (χ2v) is 8.11. The molecule has 11 nitrogen and oxygen atoms in total. The second kappa shape index (κ2) is 6.83. The Morgan fingerprint density at radius 3 is 3.07 bits per heavy atom. The maximum absolute atomic E-state index is 12.7. The van der Waals surface area contributed by atoms with E-state index < -0.39 is 5.69 Å². The third-order valence-electron chi connectivity index (χ3n) is 6.41. The maximum Gasteiger partial charge on any atom is 0.340 e. The lowest BCUT2D eigenvalue weighted by Gasteiger charge is -2.29. The van der Waals surface area contributed by atoms with Crippen molar-refractivity contribution in [2.45, 2.75) is 37.5 Å². The molecule has 154 valence electrons. The van der Waals surface area contributed by atoms with E-state index in [4.69, 9.17) is 4.74 Å². The van der Waals surface area contributed by atoms with Crippen molar-refractivity contribution in [3.05, 3.63) is 34.8 Å². The highest BCUT2D eigenvalue weighted by Crippen LogP contribution is 2.54. The first-order chi connectivity index (χ1) is 14.0. The molecule has 11 heteroatoms. The van der Waals surface area contributed by atoms with Gasteiger partial charge in [0.15, 0.2) is 0 Å². The number of aromatic nitrogens is 5. The van der Waals surface area contributed by atoms with Gasteiger partial charge in [-0.25, -0.2) is 9.89 Å². The van der Waals surface area contributed by atoms with Gasteiger partial charge in [-0.15, -0.1) is 0 Å². The number of H-pyrrole nitrogens is 2. The first-order valence-corrected chi connectivity index (χ1v) is 9.86. The molecule has 0 radical (unpaired) electrons. The van der Waals surface area contributed by atoms with Crippen LogP contribution in [0.25, 0.3) is 0 Å². The molecule has 0 saturated carbocycles. The van der Waals surface area contributed by atoms with E-state index in [-0.39, 0.29) is 48.3 Å². The van der Waals surface area contributed by atoms with Crippen LogP contribution in [-0.2, 0) is 27.3 Å². The fourth-order valence-corrected chi connectivity index (χ4v) is 5.13. The molecule has 0 aliphatic carbocycles. The zero-order chi connectivity index (χ0) is 20.0. The largest absolute Gasteiger partial charge is 0.369 e. The zero-order valence-electron chi connectivity index (χ0n) is 15.8. The van der Waals surface area contributed by atoms with Gasteiger partial charge >= 0.3 is 5.69 Å². The molecule has 3 aliphatic heterocycles. The van der Waals surface area contributed by atoms with Crippen LogP contribution in [0.15, 0.2) is 23.3 Å². The SMILES string of the molecule is O=C(Cn1cccn1)NC[C@H]1[C@H]2CN(C(=O)Cc3n[nH]c(=O)[nH]3)C[C@]23CC[C@H]1O3. The molecule has 0 unspecified atom stereocenters. The van der Waals surface area contributed by atoms with Crippen LogP contribution in [0.4, 0.5) is 0 Å². The van der Waals surface area contributed by atoms with E-state index in [2.05, 4.69) is 25.6 Å². The molecule has 2 aromatic rings. The molecule has 2 aromatic heterocycles.